The van der Waals surface area contributed by atoms with Gasteiger partial charge in [-0.05, 0) is 31.2 Å². The SMILES string of the molecule is Cc1cc(CNC(=O)c2cn(-c3ccccc3)nc2-c2ccc(Cl)cc2)no1. The highest BCUT2D eigenvalue weighted by Crippen LogP contribution is 2.25. The van der Waals surface area contributed by atoms with E-state index in [2.05, 4.69) is 15.6 Å². The second kappa shape index (κ2) is 7.70. The number of nitrogens with one attached hydrogen (secondary N) is 1. The van der Waals surface area contributed by atoms with Crippen LogP contribution in [-0.2, 0) is 6.54 Å². The van der Waals surface area contributed by atoms with Crippen LogP contribution in [-0.4, -0.2) is 20.8 Å². The lowest BCUT2D eigenvalue weighted by molar-refractivity contribution is 0.0950. The maximum atomic E-state index is 12.9. The Morgan fingerprint density at radius 1 is 1.14 bits per heavy atom. The number of benzene rings is 2. The first kappa shape index (κ1) is 18.0. The molecule has 0 fully saturated rings. The Morgan fingerprint density at radius 2 is 1.89 bits per heavy atom. The van der Waals surface area contributed by atoms with E-state index in [1.165, 1.54) is 0 Å². The van der Waals surface area contributed by atoms with Crippen molar-refractivity contribution in [2.24, 2.45) is 0 Å². The van der Waals surface area contributed by atoms with Gasteiger partial charge in [-0.2, -0.15) is 5.10 Å². The van der Waals surface area contributed by atoms with Crippen molar-refractivity contribution in [1.82, 2.24) is 20.3 Å². The van der Waals surface area contributed by atoms with E-state index in [9.17, 15) is 4.79 Å². The normalized spacial score (nSPS) is 10.8. The molecule has 0 bridgehead atoms. The molecule has 28 heavy (non-hydrogen) atoms. The van der Waals surface area contributed by atoms with Gasteiger partial charge in [-0.3, -0.25) is 4.79 Å². The summed E-state index contributed by atoms with van der Waals surface area (Å²) in [5.74, 6) is 0.454. The Bertz CT molecular complexity index is 1100. The van der Waals surface area contributed by atoms with Crippen molar-refractivity contribution in [1.29, 1.82) is 0 Å². The molecule has 6 nitrogen and oxygen atoms in total. The molecule has 0 saturated carbocycles. The minimum Gasteiger partial charge on any atom is -0.361 e. The third-order valence-corrected chi connectivity index (χ3v) is 4.46. The molecule has 140 valence electrons. The molecule has 2 heterocycles. The van der Waals surface area contributed by atoms with E-state index in [1.54, 1.807) is 36.0 Å². The van der Waals surface area contributed by atoms with Crippen LogP contribution >= 0.6 is 11.6 Å². The number of carbonyl (C=O) groups excluding carboxylic acids is 1. The first-order chi connectivity index (χ1) is 13.6. The van der Waals surface area contributed by atoms with Crippen molar-refractivity contribution in [3.8, 4) is 16.9 Å². The third kappa shape index (κ3) is 3.82. The summed E-state index contributed by atoms with van der Waals surface area (Å²) in [6, 6.07) is 18.7. The smallest absolute Gasteiger partial charge is 0.255 e. The summed E-state index contributed by atoms with van der Waals surface area (Å²) < 4.78 is 6.73. The standard InChI is InChI=1S/C21H17ClN4O2/c1-14-11-17(25-28-14)12-23-21(27)19-13-26(18-5-3-2-4-6-18)24-20(19)15-7-9-16(22)10-8-15/h2-11,13H,12H2,1H3,(H,23,27). The van der Waals surface area contributed by atoms with Gasteiger partial charge in [-0.1, -0.05) is 47.1 Å². The van der Waals surface area contributed by atoms with Crippen LogP contribution in [0.4, 0.5) is 0 Å². The summed E-state index contributed by atoms with van der Waals surface area (Å²) in [6.45, 7) is 2.08. The largest absolute Gasteiger partial charge is 0.361 e. The van der Waals surface area contributed by atoms with Crippen LogP contribution in [0, 0.1) is 6.92 Å². The molecule has 2 aromatic carbocycles. The molecule has 0 atom stereocenters. The Labute approximate surface area is 166 Å². The van der Waals surface area contributed by atoms with Gasteiger partial charge in [0, 0.05) is 22.8 Å². The van der Waals surface area contributed by atoms with E-state index in [0.29, 0.717) is 27.7 Å². The summed E-state index contributed by atoms with van der Waals surface area (Å²) in [5.41, 5.74) is 3.38. The number of para-hydroxylation sites is 1. The van der Waals surface area contributed by atoms with Crippen molar-refractivity contribution in [3.63, 3.8) is 0 Å². The van der Waals surface area contributed by atoms with Crippen molar-refractivity contribution in [2.45, 2.75) is 13.5 Å². The van der Waals surface area contributed by atoms with E-state index in [4.69, 9.17) is 16.1 Å². The number of aromatic nitrogens is 3. The summed E-state index contributed by atoms with van der Waals surface area (Å²) in [7, 11) is 0. The van der Waals surface area contributed by atoms with Crippen molar-refractivity contribution >= 4 is 17.5 Å². The van der Waals surface area contributed by atoms with Crippen molar-refractivity contribution in [2.75, 3.05) is 0 Å². The number of halogens is 1. The number of hydrogen-bond donors (Lipinski definition) is 1. The molecule has 7 heteroatoms. The fraction of sp³-hybridized carbons (Fsp3) is 0.0952. The van der Waals surface area contributed by atoms with E-state index in [-0.39, 0.29) is 12.5 Å². The molecular weight excluding hydrogens is 376 g/mol. The second-order valence-corrected chi connectivity index (χ2v) is 6.73. The minimum atomic E-state index is -0.243. The molecule has 1 amide bonds. The lowest BCUT2D eigenvalue weighted by Crippen LogP contribution is -2.23. The zero-order valence-corrected chi connectivity index (χ0v) is 15.8. The maximum Gasteiger partial charge on any atom is 0.255 e. The molecule has 4 rings (SSSR count). The van der Waals surface area contributed by atoms with Crippen LogP contribution in [0.5, 0.6) is 0 Å². The van der Waals surface area contributed by atoms with E-state index in [1.807, 2.05) is 42.5 Å². The quantitative estimate of drug-likeness (QED) is 0.545. The van der Waals surface area contributed by atoms with E-state index < -0.39 is 0 Å². The highest BCUT2D eigenvalue weighted by molar-refractivity contribution is 6.30. The van der Waals surface area contributed by atoms with Gasteiger partial charge < -0.3 is 9.84 Å². The lowest BCUT2D eigenvalue weighted by Gasteiger charge is -2.04. The van der Waals surface area contributed by atoms with E-state index in [0.717, 1.165) is 11.3 Å². The summed E-state index contributed by atoms with van der Waals surface area (Å²) in [6.07, 6.45) is 1.72. The Balaban J connectivity index is 1.68. The molecule has 2 aromatic heterocycles. The van der Waals surface area contributed by atoms with Gasteiger partial charge in [0.25, 0.3) is 5.91 Å². The summed E-state index contributed by atoms with van der Waals surface area (Å²) >= 11 is 6.00. The number of hydrogen-bond acceptors (Lipinski definition) is 4. The van der Waals surface area contributed by atoms with Crippen molar-refractivity contribution < 1.29 is 9.32 Å². The number of nitrogens with zero attached hydrogens (tertiary/aromatic N) is 3. The zero-order chi connectivity index (χ0) is 19.5. The molecule has 0 radical (unpaired) electrons. The molecular formula is C21H17ClN4O2. The molecule has 0 aliphatic heterocycles. The Hall–Kier alpha value is -3.38. The topological polar surface area (TPSA) is 73.0 Å². The Kier molecular flexibility index (Phi) is 4.95. The van der Waals surface area contributed by atoms with E-state index >= 15 is 0 Å². The molecule has 0 aliphatic rings. The predicted molar refractivity (Wildman–Crippen MR) is 106 cm³/mol. The van der Waals surface area contributed by atoms with Crippen LogP contribution in [0.25, 0.3) is 16.9 Å². The van der Waals surface area contributed by atoms with Crippen LogP contribution in [0.15, 0.2) is 71.4 Å². The maximum absolute atomic E-state index is 12.9. The van der Waals surface area contributed by atoms with Crippen molar-refractivity contribution in [3.05, 3.63) is 88.9 Å². The number of aryl methyl sites for hydroxylation is 1. The van der Waals surface area contributed by atoms with Gasteiger partial charge in [0.2, 0.25) is 0 Å². The zero-order valence-electron chi connectivity index (χ0n) is 15.1. The number of amides is 1. The molecule has 1 N–H and O–H groups in total. The summed E-state index contributed by atoms with van der Waals surface area (Å²) in [4.78, 5) is 12.9. The first-order valence-corrected chi connectivity index (χ1v) is 9.09. The van der Waals surface area contributed by atoms with Gasteiger partial charge >= 0.3 is 0 Å². The number of rotatable bonds is 5. The van der Waals surface area contributed by atoms with Gasteiger partial charge in [0.1, 0.15) is 17.1 Å². The second-order valence-electron chi connectivity index (χ2n) is 6.29. The van der Waals surface area contributed by atoms with Gasteiger partial charge in [0.15, 0.2) is 0 Å². The minimum absolute atomic E-state index is 0.243. The predicted octanol–water partition coefficient (Wildman–Crippen LogP) is 4.42. The first-order valence-electron chi connectivity index (χ1n) is 8.71. The number of carbonyl (C=O) groups is 1. The van der Waals surface area contributed by atoms with Gasteiger partial charge in [0.05, 0.1) is 17.8 Å². The Morgan fingerprint density at radius 3 is 2.57 bits per heavy atom. The van der Waals surface area contributed by atoms with Crippen LogP contribution < -0.4 is 5.32 Å². The highest BCUT2D eigenvalue weighted by atomic mass is 35.5. The lowest BCUT2D eigenvalue weighted by atomic mass is 10.1. The molecule has 0 unspecified atom stereocenters. The fourth-order valence-electron chi connectivity index (χ4n) is 2.84. The van der Waals surface area contributed by atoms with Crippen LogP contribution in [0.1, 0.15) is 21.8 Å². The average molecular weight is 393 g/mol. The average Bonchev–Trinajstić information content (AvgIpc) is 3.34. The molecule has 0 aliphatic carbocycles. The van der Waals surface area contributed by atoms with Crippen LogP contribution in [0.3, 0.4) is 0 Å². The van der Waals surface area contributed by atoms with Gasteiger partial charge in [-0.15, -0.1) is 0 Å². The fourth-order valence-corrected chi connectivity index (χ4v) is 2.97. The molecule has 4 aromatic rings. The highest BCUT2D eigenvalue weighted by Gasteiger charge is 2.19. The van der Waals surface area contributed by atoms with Gasteiger partial charge in [-0.25, -0.2) is 4.68 Å². The molecule has 0 spiro atoms. The molecule has 0 saturated heterocycles. The van der Waals surface area contributed by atoms with Crippen LogP contribution in [0.2, 0.25) is 5.02 Å². The third-order valence-electron chi connectivity index (χ3n) is 4.20. The monoisotopic (exact) mass is 392 g/mol. The summed E-state index contributed by atoms with van der Waals surface area (Å²) in [5, 5.41) is 12.0.